The van der Waals surface area contributed by atoms with Crippen molar-refractivity contribution >= 4 is 17.7 Å². The average Bonchev–Trinajstić information content (AvgIpc) is 3.46. The summed E-state index contributed by atoms with van der Waals surface area (Å²) < 4.78 is 1.72. The first-order valence-corrected chi connectivity index (χ1v) is 11.3. The van der Waals surface area contributed by atoms with Crippen LogP contribution in [0.1, 0.15) is 56.0 Å². The van der Waals surface area contributed by atoms with Crippen LogP contribution in [-0.2, 0) is 6.42 Å². The fourth-order valence-electron chi connectivity index (χ4n) is 4.43. The van der Waals surface area contributed by atoms with Gasteiger partial charge in [-0.1, -0.05) is 55.5 Å². The molecule has 4 aromatic rings. The van der Waals surface area contributed by atoms with Crippen LogP contribution in [-0.4, -0.2) is 42.9 Å². The normalized spacial score (nSPS) is 13.5. The number of Topliss-reactive ketones (excluding diaryl/α,β-unsaturated/α-hetero) is 1. The summed E-state index contributed by atoms with van der Waals surface area (Å²) in [6.07, 6.45) is 4.08. The maximum absolute atomic E-state index is 12.4. The van der Waals surface area contributed by atoms with Crippen molar-refractivity contribution in [1.82, 2.24) is 15.0 Å². The lowest BCUT2D eigenvalue weighted by molar-refractivity contribution is 0.0696. The third kappa shape index (κ3) is 4.79. The molecular weight excluding hydrogens is 458 g/mol. The van der Waals surface area contributed by atoms with Crippen LogP contribution < -0.4 is 0 Å². The van der Waals surface area contributed by atoms with E-state index in [2.05, 4.69) is 10.3 Å². The first-order valence-electron chi connectivity index (χ1n) is 11.3. The zero-order valence-electron chi connectivity index (χ0n) is 20.1. The first-order chi connectivity index (χ1) is 17.1. The molecule has 0 bridgehead atoms. The highest BCUT2D eigenvalue weighted by Crippen LogP contribution is 2.39. The second-order valence-corrected chi connectivity index (χ2v) is 9.27. The summed E-state index contributed by atoms with van der Waals surface area (Å²) in [4.78, 5) is 35.2. The topological polar surface area (TPSA) is 122 Å². The number of aryl methyl sites for hydroxylation is 1. The molecule has 0 saturated carbocycles. The van der Waals surface area contributed by atoms with Crippen LogP contribution in [0.15, 0.2) is 73.1 Å². The second kappa shape index (κ2) is 9.58. The molecule has 1 heterocycles. The molecule has 0 atom stereocenters. The highest BCUT2D eigenvalue weighted by atomic mass is 16.4. The van der Waals surface area contributed by atoms with Crippen LogP contribution >= 0.6 is 0 Å². The molecule has 0 aliphatic heterocycles. The number of hydrogen-bond acceptors (Lipinski definition) is 5. The summed E-state index contributed by atoms with van der Waals surface area (Å²) in [5, 5.41) is 26.3. The summed E-state index contributed by atoms with van der Waals surface area (Å²) in [5.74, 6) is -2.26. The molecule has 5 rings (SSSR count). The monoisotopic (exact) mass is 483 g/mol. The van der Waals surface area contributed by atoms with E-state index in [1.807, 2.05) is 56.4 Å². The molecule has 0 radical (unpaired) electrons. The van der Waals surface area contributed by atoms with Gasteiger partial charge in [0, 0.05) is 11.0 Å². The van der Waals surface area contributed by atoms with Crippen molar-refractivity contribution in [1.29, 1.82) is 0 Å². The Labute approximate surface area is 207 Å². The van der Waals surface area contributed by atoms with E-state index in [4.69, 9.17) is 5.11 Å². The fraction of sp³-hybridized carbons (Fsp3) is 0.179. The Hall–Kier alpha value is -4.59. The van der Waals surface area contributed by atoms with Crippen molar-refractivity contribution in [3.05, 3.63) is 101 Å². The van der Waals surface area contributed by atoms with Crippen molar-refractivity contribution < 1.29 is 24.6 Å². The van der Waals surface area contributed by atoms with Gasteiger partial charge in [0.25, 0.3) is 0 Å². The van der Waals surface area contributed by atoms with Gasteiger partial charge in [0.1, 0.15) is 0 Å². The molecule has 8 nitrogen and oxygen atoms in total. The Balaban J connectivity index is 0.000000229. The molecule has 36 heavy (non-hydrogen) atoms. The lowest BCUT2D eigenvalue weighted by atomic mass is 9.89. The van der Waals surface area contributed by atoms with Crippen LogP contribution in [0.3, 0.4) is 0 Å². The lowest BCUT2D eigenvalue weighted by Gasteiger charge is -2.13. The Morgan fingerprint density at radius 3 is 2.31 bits per heavy atom. The molecular formula is C28H25N3O5. The van der Waals surface area contributed by atoms with Crippen molar-refractivity contribution in [3.63, 3.8) is 0 Å². The smallest absolute Gasteiger partial charge is 0.336 e. The number of aromatic nitrogens is 3. The van der Waals surface area contributed by atoms with Crippen LogP contribution in [0.5, 0.6) is 0 Å². The predicted molar refractivity (Wildman–Crippen MR) is 134 cm³/mol. The highest BCUT2D eigenvalue weighted by molar-refractivity contribution is 6.06. The minimum absolute atomic E-state index is 0.0547. The van der Waals surface area contributed by atoms with E-state index in [0.717, 1.165) is 11.3 Å². The first kappa shape index (κ1) is 24.5. The molecule has 0 saturated heterocycles. The van der Waals surface area contributed by atoms with Gasteiger partial charge in [-0.15, -0.1) is 5.10 Å². The zero-order chi connectivity index (χ0) is 26.0. The molecule has 2 N–H and O–H groups in total. The number of carboxylic acid groups (broad SMARTS) is 2. The Bertz CT molecular complexity index is 1460. The van der Waals surface area contributed by atoms with E-state index < -0.39 is 17.4 Å². The van der Waals surface area contributed by atoms with E-state index in [1.165, 1.54) is 12.1 Å². The Morgan fingerprint density at radius 2 is 1.69 bits per heavy atom. The number of ketones is 1. The molecule has 0 amide bonds. The van der Waals surface area contributed by atoms with Crippen molar-refractivity contribution in [2.75, 3.05) is 0 Å². The molecule has 1 aliphatic rings. The van der Waals surface area contributed by atoms with Gasteiger partial charge in [-0.3, -0.25) is 4.79 Å². The maximum atomic E-state index is 12.4. The van der Waals surface area contributed by atoms with Gasteiger partial charge >= 0.3 is 11.9 Å². The van der Waals surface area contributed by atoms with Crippen molar-refractivity contribution in [3.8, 4) is 16.8 Å². The Kier molecular flexibility index (Phi) is 6.53. The van der Waals surface area contributed by atoms with Gasteiger partial charge in [0.05, 0.1) is 29.2 Å². The van der Waals surface area contributed by atoms with Gasteiger partial charge in [-0.05, 0) is 59.9 Å². The molecule has 1 aromatic heterocycles. The molecule has 182 valence electrons. The van der Waals surface area contributed by atoms with Gasteiger partial charge in [0.15, 0.2) is 5.78 Å². The highest BCUT2D eigenvalue weighted by Gasteiger charge is 2.37. The van der Waals surface area contributed by atoms with Gasteiger partial charge in [0.2, 0.25) is 0 Å². The van der Waals surface area contributed by atoms with Gasteiger partial charge in [-0.2, -0.15) is 0 Å². The van der Waals surface area contributed by atoms with Gasteiger partial charge < -0.3 is 10.2 Å². The number of carbonyl (C=O) groups excluding carboxylic acids is 1. The van der Waals surface area contributed by atoms with Crippen LogP contribution in [0.4, 0.5) is 0 Å². The zero-order valence-corrected chi connectivity index (χ0v) is 20.1. The maximum Gasteiger partial charge on any atom is 0.336 e. The lowest BCUT2D eigenvalue weighted by Crippen LogP contribution is -2.18. The van der Waals surface area contributed by atoms with Crippen LogP contribution in [0.25, 0.3) is 16.8 Å². The summed E-state index contributed by atoms with van der Waals surface area (Å²) in [6, 6.07) is 17.8. The van der Waals surface area contributed by atoms with Gasteiger partial charge in [-0.25, -0.2) is 14.3 Å². The number of hydrogen-bond donors (Lipinski definition) is 2. The molecule has 3 aromatic carbocycles. The number of carbonyl (C=O) groups is 3. The molecule has 1 aliphatic carbocycles. The number of benzene rings is 3. The summed E-state index contributed by atoms with van der Waals surface area (Å²) in [7, 11) is 0. The average molecular weight is 484 g/mol. The standard InChI is InChI=1S/C20H18O5.C8H7N3/c1-10-6-12(18(22)23)8-15(19(24)25)16(10)11-4-5-14-13(7-11)9-20(2,3)17(14)21;1-2-4-8(5-3-1)11-7-6-9-10-11/h4-8H,9H2,1-3H3,(H,22,23)(H,24,25);1-7H. The summed E-state index contributed by atoms with van der Waals surface area (Å²) in [5.41, 5.74) is 3.76. The molecule has 0 unspecified atom stereocenters. The van der Waals surface area contributed by atoms with E-state index in [0.29, 0.717) is 28.7 Å². The fourth-order valence-corrected chi connectivity index (χ4v) is 4.43. The van der Waals surface area contributed by atoms with E-state index in [9.17, 15) is 19.5 Å². The van der Waals surface area contributed by atoms with E-state index in [1.54, 1.807) is 29.9 Å². The molecule has 0 fully saturated rings. The summed E-state index contributed by atoms with van der Waals surface area (Å²) in [6.45, 7) is 5.48. The van der Waals surface area contributed by atoms with Crippen LogP contribution in [0, 0.1) is 12.3 Å². The number of nitrogens with zero attached hydrogens (tertiary/aromatic N) is 3. The SMILES string of the molecule is Cc1cc(C(=O)O)cc(C(=O)O)c1-c1ccc2c(c1)CC(C)(C)C2=O.c1ccc(-n2ccnn2)cc1. The quantitative estimate of drug-likeness (QED) is 0.414. The minimum atomic E-state index is -1.18. The number of aromatic carboxylic acids is 2. The largest absolute Gasteiger partial charge is 0.478 e. The van der Waals surface area contributed by atoms with E-state index in [-0.39, 0.29) is 16.9 Å². The predicted octanol–water partition coefficient (Wildman–Crippen LogP) is 5.09. The number of para-hydroxylation sites is 1. The number of carboxylic acids is 2. The van der Waals surface area contributed by atoms with Crippen molar-refractivity contribution in [2.45, 2.75) is 27.2 Å². The third-order valence-electron chi connectivity index (χ3n) is 6.14. The summed E-state index contributed by atoms with van der Waals surface area (Å²) >= 11 is 0. The number of rotatable bonds is 4. The van der Waals surface area contributed by atoms with E-state index >= 15 is 0 Å². The molecule has 8 heteroatoms. The molecule has 0 spiro atoms. The minimum Gasteiger partial charge on any atom is -0.478 e. The number of fused-ring (bicyclic) bond motifs is 1. The second-order valence-electron chi connectivity index (χ2n) is 9.27. The van der Waals surface area contributed by atoms with Crippen molar-refractivity contribution in [2.24, 2.45) is 5.41 Å². The Morgan fingerprint density at radius 1 is 0.972 bits per heavy atom. The third-order valence-corrected chi connectivity index (χ3v) is 6.14. The van der Waals surface area contributed by atoms with Crippen LogP contribution in [0.2, 0.25) is 0 Å².